The summed E-state index contributed by atoms with van der Waals surface area (Å²) in [6, 6.07) is 44.3. The van der Waals surface area contributed by atoms with E-state index in [1.165, 1.54) is 63.7 Å². The van der Waals surface area contributed by atoms with Crippen molar-refractivity contribution in [2.75, 3.05) is 0 Å². The van der Waals surface area contributed by atoms with Crippen LogP contribution in [0, 0.1) is 0 Å². The smallest absolute Gasteiger partial charge is 0.0128 e. The highest BCUT2D eigenvalue weighted by atomic mass is 32.2. The van der Waals surface area contributed by atoms with E-state index in [9.17, 15) is 0 Å². The maximum Gasteiger partial charge on any atom is 0.0128 e. The highest BCUT2D eigenvalue weighted by Gasteiger charge is 2.10. The molecule has 0 bridgehead atoms. The monoisotopic (exact) mass is 436 g/mol. The van der Waals surface area contributed by atoms with Crippen molar-refractivity contribution in [3.63, 3.8) is 0 Å². The fraction of sp³-hybridized carbons (Fsp3) is 0. The molecule has 0 spiro atoms. The third-order valence-electron chi connectivity index (χ3n) is 6.67. The minimum Gasteiger partial charge on any atom is -0.0901 e. The van der Waals surface area contributed by atoms with Crippen molar-refractivity contribution in [3.05, 3.63) is 121 Å². The standard InChI is InChI=1S/C32H20S/c1-2-8-25-21(7-1)13-14-22-19-23(15-17-26(22)25)33-24-16-18-31-29-11-4-3-9-27(29)28-10-5-6-12-30(28)32(31)20-24/h1-20H. The van der Waals surface area contributed by atoms with Crippen LogP contribution >= 0.6 is 11.8 Å². The molecule has 0 heterocycles. The molecule has 0 fully saturated rings. The average Bonchev–Trinajstić information content (AvgIpc) is 2.88. The number of benzene rings is 7. The van der Waals surface area contributed by atoms with Gasteiger partial charge in [-0.3, -0.25) is 0 Å². The van der Waals surface area contributed by atoms with E-state index in [0.717, 1.165) is 0 Å². The summed E-state index contributed by atoms with van der Waals surface area (Å²) in [5.41, 5.74) is 0. The number of hydrogen-bond acceptors (Lipinski definition) is 1. The molecule has 0 N–H and O–H groups in total. The van der Waals surface area contributed by atoms with Crippen LogP contribution < -0.4 is 0 Å². The van der Waals surface area contributed by atoms with Crippen molar-refractivity contribution < 1.29 is 0 Å². The summed E-state index contributed by atoms with van der Waals surface area (Å²) in [6.45, 7) is 0. The maximum absolute atomic E-state index is 2.36. The van der Waals surface area contributed by atoms with Crippen LogP contribution in [0.2, 0.25) is 0 Å². The normalized spacial score (nSPS) is 11.8. The Labute approximate surface area is 196 Å². The molecular weight excluding hydrogens is 416 g/mol. The first-order chi connectivity index (χ1) is 16.3. The van der Waals surface area contributed by atoms with E-state index < -0.39 is 0 Å². The van der Waals surface area contributed by atoms with E-state index in [0.29, 0.717) is 0 Å². The van der Waals surface area contributed by atoms with E-state index >= 15 is 0 Å². The van der Waals surface area contributed by atoms with Crippen molar-refractivity contribution in [2.45, 2.75) is 9.79 Å². The Balaban J connectivity index is 1.38. The van der Waals surface area contributed by atoms with Gasteiger partial charge in [0.25, 0.3) is 0 Å². The first-order valence-electron chi connectivity index (χ1n) is 11.3. The van der Waals surface area contributed by atoms with E-state index in [-0.39, 0.29) is 0 Å². The van der Waals surface area contributed by atoms with Gasteiger partial charge in [0.2, 0.25) is 0 Å². The van der Waals surface area contributed by atoms with Crippen LogP contribution in [-0.2, 0) is 0 Å². The Bertz CT molecular complexity index is 1810. The summed E-state index contributed by atoms with van der Waals surface area (Å²) in [5.74, 6) is 0. The molecule has 0 aromatic heterocycles. The van der Waals surface area contributed by atoms with Crippen molar-refractivity contribution in [1.29, 1.82) is 0 Å². The van der Waals surface area contributed by atoms with Gasteiger partial charge in [-0.1, -0.05) is 109 Å². The highest BCUT2D eigenvalue weighted by molar-refractivity contribution is 7.99. The molecule has 0 unspecified atom stereocenters. The average molecular weight is 437 g/mol. The molecule has 1 heteroatoms. The first kappa shape index (κ1) is 18.7. The zero-order chi connectivity index (χ0) is 21.8. The Morgan fingerprint density at radius 3 is 1.45 bits per heavy atom. The molecule has 0 atom stereocenters. The van der Waals surface area contributed by atoms with Crippen LogP contribution in [-0.4, -0.2) is 0 Å². The highest BCUT2D eigenvalue weighted by Crippen LogP contribution is 2.39. The molecule has 0 saturated carbocycles. The molecule has 7 rings (SSSR count). The van der Waals surface area contributed by atoms with Crippen LogP contribution in [0.5, 0.6) is 0 Å². The molecule has 7 aromatic carbocycles. The van der Waals surface area contributed by atoms with Crippen molar-refractivity contribution in [1.82, 2.24) is 0 Å². The number of hydrogen-bond donors (Lipinski definition) is 0. The molecule has 154 valence electrons. The second-order valence-electron chi connectivity index (χ2n) is 8.57. The van der Waals surface area contributed by atoms with Crippen molar-refractivity contribution in [3.8, 4) is 0 Å². The Kier molecular flexibility index (Phi) is 4.18. The third-order valence-corrected chi connectivity index (χ3v) is 7.65. The van der Waals surface area contributed by atoms with Gasteiger partial charge >= 0.3 is 0 Å². The van der Waals surface area contributed by atoms with Crippen molar-refractivity contribution >= 4 is 65.6 Å². The SMILES string of the molecule is c1ccc2c(c1)ccc1cc(Sc3ccc4c5ccccc5c5ccccc5c4c3)ccc12. The molecule has 0 aliphatic carbocycles. The molecular formula is C32H20S. The summed E-state index contributed by atoms with van der Waals surface area (Å²) in [7, 11) is 0. The van der Waals surface area contributed by atoms with Crippen LogP contribution in [0.15, 0.2) is 131 Å². The van der Waals surface area contributed by atoms with Gasteiger partial charge in [0.15, 0.2) is 0 Å². The predicted octanol–water partition coefficient (Wildman–Crippen LogP) is 9.60. The Morgan fingerprint density at radius 2 is 0.758 bits per heavy atom. The number of fused-ring (bicyclic) bond motifs is 9. The topological polar surface area (TPSA) is 0 Å². The molecule has 0 aliphatic heterocycles. The van der Waals surface area contributed by atoms with Gasteiger partial charge in [-0.05, 0) is 78.1 Å². The molecule has 0 nitrogen and oxygen atoms in total. The molecule has 33 heavy (non-hydrogen) atoms. The first-order valence-corrected chi connectivity index (χ1v) is 12.1. The lowest BCUT2D eigenvalue weighted by Crippen LogP contribution is -1.84. The Morgan fingerprint density at radius 1 is 0.303 bits per heavy atom. The fourth-order valence-electron chi connectivity index (χ4n) is 5.14. The van der Waals surface area contributed by atoms with Gasteiger partial charge in [0, 0.05) is 9.79 Å². The van der Waals surface area contributed by atoms with E-state index in [2.05, 4.69) is 121 Å². The van der Waals surface area contributed by atoms with Gasteiger partial charge < -0.3 is 0 Å². The van der Waals surface area contributed by atoms with E-state index in [4.69, 9.17) is 0 Å². The van der Waals surface area contributed by atoms with Crippen LogP contribution in [0.1, 0.15) is 0 Å². The van der Waals surface area contributed by atoms with E-state index in [1.807, 2.05) is 11.8 Å². The van der Waals surface area contributed by atoms with Crippen LogP contribution in [0.4, 0.5) is 0 Å². The minimum absolute atomic E-state index is 1.27. The molecule has 0 saturated heterocycles. The van der Waals surface area contributed by atoms with Gasteiger partial charge in [-0.15, -0.1) is 0 Å². The molecule has 0 aliphatic rings. The molecule has 7 aromatic rings. The third kappa shape index (κ3) is 3.01. The second-order valence-corrected chi connectivity index (χ2v) is 9.72. The zero-order valence-electron chi connectivity index (χ0n) is 18.0. The van der Waals surface area contributed by atoms with Crippen LogP contribution in [0.3, 0.4) is 0 Å². The van der Waals surface area contributed by atoms with Gasteiger partial charge in [0.05, 0.1) is 0 Å². The largest absolute Gasteiger partial charge is 0.0901 e. The molecule has 0 amide bonds. The van der Waals surface area contributed by atoms with E-state index in [1.54, 1.807) is 0 Å². The zero-order valence-corrected chi connectivity index (χ0v) is 18.8. The van der Waals surface area contributed by atoms with Gasteiger partial charge in [0.1, 0.15) is 0 Å². The van der Waals surface area contributed by atoms with Crippen molar-refractivity contribution in [2.24, 2.45) is 0 Å². The quantitative estimate of drug-likeness (QED) is 0.243. The predicted molar refractivity (Wildman–Crippen MR) is 145 cm³/mol. The maximum atomic E-state index is 2.36. The number of rotatable bonds is 2. The lowest BCUT2D eigenvalue weighted by Gasteiger charge is -2.12. The Hall–Kier alpha value is -3.81. The summed E-state index contributed by atoms with van der Waals surface area (Å²) in [4.78, 5) is 2.53. The second kappa shape index (κ2) is 7.37. The lowest BCUT2D eigenvalue weighted by molar-refractivity contribution is 1.45. The van der Waals surface area contributed by atoms with Crippen LogP contribution in [0.25, 0.3) is 53.9 Å². The minimum atomic E-state index is 1.27. The summed E-state index contributed by atoms with van der Waals surface area (Å²) >= 11 is 1.84. The lowest BCUT2D eigenvalue weighted by atomic mass is 9.94. The fourth-order valence-corrected chi connectivity index (χ4v) is 6.05. The summed E-state index contributed by atoms with van der Waals surface area (Å²) in [6.07, 6.45) is 0. The summed E-state index contributed by atoms with van der Waals surface area (Å²) < 4.78 is 0. The molecule has 0 radical (unpaired) electrons. The van der Waals surface area contributed by atoms with Gasteiger partial charge in [-0.25, -0.2) is 0 Å². The van der Waals surface area contributed by atoms with Gasteiger partial charge in [-0.2, -0.15) is 0 Å². The summed E-state index contributed by atoms with van der Waals surface area (Å²) in [5, 5.41) is 13.1.